The Kier molecular flexibility index (Phi) is 6.76. The van der Waals surface area contributed by atoms with Crippen LogP contribution in [0.15, 0.2) is 24.3 Å². The first-order valence-corrected chi connectivity index (χ1v) is 9.04. The molecule has 1 nitrogen and oxygen atoms in total. The average Bonchev–Trinajstić information content (AvgIpc) is 2.50. The van der Waals surface area contributed by atoms with Gasteiger partial charge in [-0.05, 0) is 50.1 Å². The van der Waals surface area contributed by atoms with Gasteiger partial charge in [0.25, 0.3) is 0 Å². The Balaban J connectivity index is 2.03. The van der Waals surface area contributed by atoms with Gasteiger partial charge in [-0.25, -0.2) is 0 Å². The number of aryl methyl sites for hydroxylation is 1. The van der Waals surface area contributed by atoms with Crippen LogP contribution >= 0.6 is 0 Å². The number of nitrogens with one attached hydrogen (secondary N) is 1. The first-order valence-electron chi connectivity index (χ1n) is 9.04. The van der Waals surface area contributed by atoms with Crippen LogP contribution in [0.25, 0.3) is 0 Å². The van der Waals surface area contributed by atoms with Crippen molar-refractivity contribution in [2.75, 3.05) is 6.54 Å². The van der Waals surface area contributed by atoms with Crippen LogP contribution in [-0.2, 0) is 0 Å². The van der Waals surface area contributed by atoms with Crippen LogP contribution in [0.2, 0.25) is 0 Å². The summed E-state index contributed by atoms with van der Waals surface area (Å²) in [7, 11) is 0. The van der Waals surface area contributed by atoms with E-state index in [4.69, 9.17) is 0 Å². The molecule has 1 aliphatic rings. The highest BCUT2D eigenvalue weighted by molar-refractivity contribution is 5.25. The van der Waals surface area contributed by atoms with Gasteiger partial charge in [0, 0.05) is 6.04 Å². The molecule has 0 aliphatic heterocycles. The minimum Gasteiger partial charge on any atom is -0.310 e. The molecule has 1 aromatic carbocycles. The van der Waals surface area contributed by atoms with E-state index in [1.807, 2.05) is 0 Å². The third kappa shape index (κ3) is 4.85. The summed E-state index contributed by atoms with van der Waals surface area (Å²) in [6.07, 6.45) is 9.69. The maximum absolute atomic E-state index is 3.83. The Morgan fingerprint density at radius 1 is 1.10 bits per heavy atom. The van der Waals surface area contributed by atoms with Crippen LogP contribution in [0.5, 0.6) is 0 Å². The quantitative estimate of drug-likeness (QED) is 0.684. The molecule has 0 radical (unpaired) electrons. The molecule has 1 unspecified atom stereocenters. The molecule has 1 saturated carbocycles. The fourth-order valence-electron chi connectivity index (χ4n) is 3.94. The van der Waals surface area contributed by atoms with Crippen LogP contribution in [0.4, 0.5) is 0 Å². The van der Waals surface area contributed by atoms with Crippen molar-refractivity contribution in [2.45, 2.75) is 71.8 Å². The molecule has 0 amide bonds. The highest BCUT2D eigenvalue weighted by Gasteiger charge is 2.27. The number of hydrogen-bond donors (Lipinski definition) is 1. The first-order chi connectivity index (χ1) is 10.2. The minimum atomic E-state index is 0.562. The Morgan fingerprint density at radius 3 is 2.48 bits per heavy atom. The fraction of sp³-hybridized carbons (Fsp3) is 0.700. The lowest BCUT2D eigenvalue weighted by atomic mass is 9.75. The third-order valence-electron chi connectivity index (χ3n) is 5.08. The fourth-order valence-corrected chi connectivity index (χ4v) is 3.94. The molecule has 2 rings (SSSR count). The van der Waals surface area contributed by atoms with Crippen molar-refractivity contribution >= 4 is 0 Å². The monoisotopic (exact) mass is 287 g/mol. The molecule has 0 bridgehead atoms. The lowest BCUT2D eigenvalue weighted by Crippen LogP contribution is -2.31. The van der Waals surface area contributed by atoms with Crippen molar-refractivity contribution in [2.24, 2.45) is 11.8 Å². The predicted molar refractivity (Wildman–Crippen MR) is 92.6 cm³/mol. The van der Waals surface area contributed by atoms with E-state index in [0.717, 1.165) is 18.4 Å². The molecule has 0 saturated heterocycles. The van der Waals surface area contributed by atoms with E-state index in [0.29, 0.717) is 6.04 Å². The molecule has 118 valence electrons. The van der Waals surface area contributed by atoms with Crippen molar-refractivity contribution in [1.82, 2.24) is 5.32 Å². The summed E-state index contributed by atoms with van der Waals surface area (Å²) < 4.78 is 0. The van der Waals surface area contributed by atoms with E-state index < -0.39 is 0 Å². The molecule has 1 aliphatic carbocycles. The van der Waals surface area contributed by atoms with E-state index in [1.165, 1.54) is 56.1 Å². The summed E-state index contributed by atoms with van der Waals surface area (Å²) in [5.41, 5.74) is 2.89. The van der Waals surface area contributed by atoms with Crippen molar-refractivity contribution in [1.29, 1.82) is 0 Å². The largest absolute Gasteiger partial charge is 0.310 e. The molecule has 0 heterocycles. The topological polar surface area (TPSA) is 12.0 Å². The minimum absolute atomic E-state index is 0.562. The van der Waals surface area contributed by atoms with Crippen molar-refractivity contribution < 1.29 is 0 Å². The zero-order chi connectivity index (χ0) is 15.1. The van der Waals surface area contributed by atoms with Crippen LogP contribution in [0.3, 0.4) is 0 Å². The second-order valence-electron chi connectivity index (χ2n) is 6.92. The number of rotatable bonds is 7. The van der Waals surface area contributed by atoms with E-state index in [2.05, 4.69) is 50.4 Å². The zero-order valence-corrected chi connectivity index (χ0v) is 14.2. The van der Waals surface area contributed by atoms with Gasteiger partial charge in [-0.15, -0.1) is 0 Å². The molecular weight excluding hydrogens is 254 g/mol. The number of hydrogen-bond acceptors (Lipinski definition) is 1. The molecule has 1 fully saturated rings. The number of benzene rings is 1. The van der Waals surface area contributed by atoms with Gasteiger partial charge < -0.3 is 5.32 Å². The Hall–Kier alpha value is -0.820. The molecule has 1 N–H and O–H groups in total. The Labute approximate surface area is 131 Å². The normalized spacial score (nSPS) is 24.0. The maximum Gasteiger partial charge on any atom is 0.0348 e. The van der Waals surface area contributed by atoms with Gasteiger partial charge in [-0.2, -0.15) is 0 Å². The summed E-state index contributed by atoms with van der Waals surface area (Å²) in [5.74, 6) is 1.82. The van der Waals surface area contributed by atoms with Crippen molar-refractivity contribution in [3.63, 3.8) is 0 Å². The predicted octanol–water partition coefficient (Wildman–Crippen LogP) is 5.64. The highest BCUT2D eigenvalue weighted by atomic mass is 14.9. The van der Waals surface area contributed by atoms with Crippen LogP contribution in [0.1, 0.15) is 76.0 Å². The maximum atomic E-state index is 3.83. The summed E-state index contributed by atoms with van der Waals surface area (Å²) in [6, 6.07) is 9.68. The summed E-state index contributed by atoms with van der Waals surface area (Å²) in [6.45, 7) is 7.93. The smallest absolute Gasteiger partial charge is 0.0348 e. The van der Waals surface area contributed by atoms with Gasteiger partial charge in [0.2, 0.25) is 0 Å². The standard InChI is InChI=1S/C20H33N/c1-4-7-17-10-12-18(13-11-17)20(21-14-5-2)19-9-6-8-16(3)15-19/h6,8-9,15,17-18,20-21H,4-5,7,10-14H2,1-3H3. The lowest BCUT2D eigenvalue weighted by Gasteiger charge is -2.35. The molecular formula is C20H33N. The first kappa shape index (κ1) is 16.5. The van der Waals surface area contributed by atoms with E-state index in [1.54, 1.807) is 0 Å². The van der Waals surface area contributed by atoms with Crippen molar-refractivity contribution in [3.05, 3.63) is 35.4 Å². The van der Waals surface area contributed by atoms with Gasteiger partial charge in [-0.3, -0.25) is 0 Å². The average molecular weight is 287 g/mol. The second kappa shape index (κ2) is 8.58. The molecule has 21 heavy (non-hydrogen) atoms. The van der Waals surface area contributed by atoms with Gasteiger partial charge in [0.05, 0.1) is 0 Å². The van der Waals surface area contributed by atoms with Crippen LogP contribution < -0.4 is 5.32 Å². The zero-order valence-electron chi connectivity index (χ0n) is 14.2. The molecule has 1 atom stereocenters. The van der Waals surface area contributed by atoms with E-state index in [9.17, 15) is 0 Å². The van der Waals surface area contributed by atoms with Crippen molar-refractivity contribution in [3.8, 4) is 0 Å². The van der Waals surface area contributed by atoms with Gasteiger partial charge >= 0.3 is 0 Å². The SMILES string of the molecule is CCCNC(c1cccc(C)c1)C1CCC(CCC)CC1. The lowest BCUT2D eigenvalue weighted by molar-refractivity contribution is 0.214. The molecule has 1 heteroatoms. The van der Waals surface area contributed by atoms with Crippen LogP contribution in [-0.4, -0.2) is 6.54 Å². The molecule has 0 aromatic heterocycles. The van der Waals surface area contributed by atoms with Gasteiger partial charge in [0.1, 0.15) is 0 Å². The summed E-state index contributed by atoms with van der Waals surface area (Å²) in [5, 5.41) is 3.83. The third-order valence-corrected chi connectivity index (χ3v) is 5.08. The summed E-state index contributed by atoms with van der Waals surface area (Å²) >= 11 is 0. The van der Waals surface area contributed by atoms with E-state index in [-0.39, 0.29) is 0 Å². The van der Waals surface area contributed by atoms with E-state index >= 15 is 0 Å². The Morgan fingerprint density at radius 2 is 1.86 bits per heavy atom. The molecule has 0 spiro atoms. The van der Waals surface area contributed by atoms with Gasteiger partial charge in [-0.1, -0.05) is 69.4 Å². The highest BCUT2D eigenvalue weighted by Crippen LogP contribution is 2.38. The Bertz CT molecular complexity index is 404. The summed E-state index contributed by atoms with van der Waals surface area (Å²) in [4.78, 5) is 0. The van der Waals surface area contributed by atoms with Crippen LogP contribution in [0, 0.1) is 18.8 Å². The second-order valence-corrected chi connectivity index (χ2v) is 6.92. The molecule has 1 aromatic rings. The van der Waals surface area contributed by atoms with Gasteiger partial charge in [0.15, 0.2) is 0 Å².